The van der Waals surface area contributed by atoms with Crippen molar-refractivity contribution in [2.45, 2.75) is 26.2 Å². The molecule has 116 valence electrons. The van der Waals surface area contributed by atoms with Crippen molar-refractivity contribution in [1.29, 1.82) is 0 Å². The molecule has 0 saturated carbocycles. The van der Waals surface area contributed by atoms with Gasteiger partial charge in [-0.2, -0.15) is 0 Å². The van der Waals surface area contributed by atoms with Crippen molar-refractivity contribution in [3.8, 4) is 0 Å². The number of pyridine rings is 1. The van der Waals surface area contributed by atoms with E-state index in [0.29, 0.717) is 23.1 Å². The highest BCUT2D eigenvalue weighted by molar-refractivity contribution is 5.94. The molecule has 1 aliphatic heterocycles. The molecule has 0 aromatic carbocycles. The molecule has 1 fully saturated rings. The second-order valence-corrected chi connectivity index (χ2v) is 6.15. The Morgan fingerprint density at radius 1 is 1.43 bits per heavy atom. The number of rotatable bonds is 3. The first-order valence-electron chi connectivity index (χ1n) is 7.74. The normalized spacial score (nSPS) is 23.4. The van der Waals surface area contributed by atoms with E-state index in [-0.39, 0.29) is 5.91 Å². The summed E-state index contributed by atoms with van der Waals surface area (Å²) in [6.07, 6.45) is 6.65. The summed E-state index contributed by atoms with van der Waals surface area (Å²) >= 11 is 0. The molecule has 5 heteroatoms. The number of aromatic nitrogens is 1. The molecule has 0 aliphatic carbocycles. The van der Waals surface area contributed by atoms with Gasteiger partial charge in [0, 0.05) is 25.5 Å². The molecule has 1 amide bonds. The summed E-state index contributed by atoms with van der Waals surface area (Å²) in [5.74, 6) is 1.22. The number of nitrogens with two attached hydrogens (primary N) is 1. The van der Waals surface area contributed by atoms with Crippen LogP contribution in [0.1, 0.15) is 36.5 Å². The van der Waals surface area contributed by atoms with Gasteiger partial charge in [-0.25, -0.2) is 0 Å². The quantitative estimate of drug-likeness (QED) is 0.890. The number of anilines is 1. The van der Waals surface area contributed by atoms with Gasteiger partial charge in [0.1, 0.15) is 0 Å². The third-order valence-electron chi connectivity index (χ3n) is 4.22. The van der Waals surface area contributed by atoms with Crippen LogP contribution in [0.4, 0.5) is 5.69 Å². The monoisotopic (exact) mass is 290 g/mol. The number of carbonyl (C=O) groups excluding carboxylic acids is 1. The Labute approximate surface area is 126 Å². The maximum absolute atomic E-state index is 12.7. The lowest BCUT2D eigenvalue weighted by molar-refractivity contribution is 0.0693. The number of nitrogens with zero attached hydrogens (tertiary/aromatic N) is 2. The van der Waals surface area contributed by atoms with Crippen molar-refractivity contribution in [2.75, 3.05) is 32.4 Å². The molecule has 0 radical (unpaired) electrons. The average Bonchev–Trinajstić information content (AvgIpc) is 2.46. The highest BCUT2D eigenvalue weighted by atomic mass is 16.2. The second-order valence-electron chi connectivity index (χ2n) is 6.15. The predicted molar refractivity (Wildman–Crippen MR) is 85.0 cm³/mol. The smallest absolute Gasteiger partial charge is 0.255 e. The molecule has 2 rings (SSSR count). The van der Waals surface area contributed by atoms with Crippen molar-refractivity contribution < 1.29 is 4.79 Å². The van der Waals surface area contributed by atoms with Crippen LogP contribution in [-0.4, -0.2) is 42.5 Å². The van der Waals surface area contributed by atoms with Crippen LogP contribution in [0, 0.1) is 11.8 Å². The molecule has 0 spiro atoms. The molecular weight excluding hydrogens is 264 g/mol. The highest BCUT2D eigenvalue weighted by Gasteiger charge is 2.23. The Bertz CT molecular complexity index is 477. The molecule has 2 atom stereocenters. The summed E-state index contributed by atoms with van der Waals surface area (Å²) < 4.78 is 0. The third-order valence-corrected chi connectivity index (χ3v) is 4.22. The number of nitrogen functional groups attached to an aromatic ring is 1. The summed E-state index contributed by atoms with van der Waals surface area (Å²) in [5.41, 5.74) is 6.86. The number of carbonyl (C=O) groups is 1. The van der Waals surface area contributed by atoms with Gasteiger partial charge in [-0.3, -0.25) is 9.78 Å². The number of nitrogens with one attached hydrogen (secondary N) is 1. The first-order chi connectivity index (χ1) is 10.1. The zero-order valence-corrected chi connectivity index (χ0v) is 13.0. The molecule has 1 aromatic heterocycles. The lowest BCUT2D eigenvalue weighted by atomic mass is 9.91. The number of likely N-dealkylation sites (tertiary alicyclic amines) is 1. The van der Waals surface area contributed by atoms with Gasteiger partial charge < -0.3 is 16.0 Å². The van der Waals surface area contributed by atoms with E-state index in [9.17, 15) is 4.79 Å². The van der Waals surface area contributed by atoms with Crippen LogP contribution < -0.4 is 11.1 Å². The molecule has 3 N–H and O–H groups in total. The Morgan fingerprint density at radius 2 is 2.24 bits per heavy atom. The summed E-state index contributed by atoms with van der Waals surface area (Å²) in [4.78, 5) is 18.7. The fourth-order valence-electron chi connectivity index (χ4n) is 2.93. The van der Waals surface area contributed by atoms with E-state index in [1.54, 1.807) is 18.5 Å². The zero-order chi connectivity index (χ0) is 15.2. The van der Waals surface area contributed by atoms with Crippen LogP contribution in [0.3, 0.4) is 0 Å². The SMILES string of the molecule is CNCC1CCC(C)CCN(C(=O)c2cncc(N)c2)C1. The lowest BCUT2D eigenvalue weighted by Gasteiger charge is -2.32. The standard InChI is InChI=1S/C16H26N4O/c1-12-3-4-13(8-18-2)11-20(6-5-12)16(21)14-7-15(17)10-19-9-14/h7,9-10,12-13,18H,3-6,8,11,17H2,1-2H3. The largest absolute Gasteiger partial charge is 0.397 e. The van der Waals surface area contributed by atoms with Gasteiger partial charge in [-0.1, -0.05) is 13.3 Å². The van der Waals surface area contributed by atoms with Gasteiger partial charge in [0.05, 0.1) is 11.3 Å². The molecule has 2 unspecified atom stereocenters. The molecule has 0 bridgehead atoms. The molecule has 21 heavy (non-hydrogen) atoms. The molecular formula is C16H26N4O. The Balaban J connectivity index is 2.12. The van der Waals surface area contributed by atoms with Crippen molar-refractivity contribution in [2.24, 2.45) is 11.8 Å². The molecule has 1 saturated heterocycles. The highest BCUT2D eigenvalue weighted by Crippen LogP contribution is 2.22. The van der Waals surface area contributed by atoms with Crippen molar-refractivity contribution >= 4 is 11.6 Å². The number of hydrogen-bond donors (Lipinski definition) is 2. The average molecular weight is 290 g/mol. The van der Waals surface area contributed by atoms with Crippen molar-refractivity contribution in [3.63, 3.8) is 0 Å². The van der Waals surface area contributed by atoms with Crippen LogP contribution in [0.15, 0.2) is 18.5 Å². The van der Waals surface area contributed by atoms with Gasteiger partial charge in [0.15, 0.2) is 0 Å². The predicted octanol–water partition coefficient (Wildman–Crippen LogP) is 1.76. The topological polar surface area (TPSA) is 71.2 Å². The minimum Gasteiger partial charge on any atom is -0.397 e. The third kappa shape index (κ3) is 4.43. The van der Waals surface area contributed by atoms with Gasteiger partial charge in [0.25, 0.3) is 5.91 Å². The number of hydrogen-bond acceptors (Lipinski definition) is 4. The maximum Gasteiger partial charge on any atom is 0.255 e. The zero-order valence-electron chi connectivity index (χ0n) is 13.0. The molecule has 1 aromatic rings. The van der Waals surface area contributed by atoms with E-state index >= 15 is 0 Å². The summed E-state index contributed by atoms with van der Waals surface area (Å²) in [6.45, 7) is 4.84. The van der Waals surface area contributed by atoms with Crippen molar-refractivity contribution in [3.05, 3.63) is 24.0 Å². The first-order valence-corrected chi connectivity index (χ1v) is 7.74. The van der Waals surface area contributed by atoms with Crippen molar-refractivity contribution in [1.82, 2.24) is 15.2 Å². The molecule has 1 aliphatic rings. The van der Waals surface area contributed by atoms with Crippen LogP contribution >= 0.6 is 0 Å². The minimum atomic E-state index is 0.0463. The molecule has 2 heterocycles. The van der Waals surface area contributed by atoms with E-state index in [1.807, 2.05) is 11.9 Å². The Hall–Kier alpha value is -1.62. The fraction of sp³-hybridized carbons (Fsp3) is 0.625. The lowest BCUT2D eigenvalue weighted by Crippen LogP contribution is -2.40. The van der Waals surface area contributed by atoms with Crippen LogP contribution in [-0.2, 0) is 0 Å². The van der Waals surface area contributed by atoms with E-state index in [1.165, 1.54) is 12.8 Å². The van der Waals surface area contributed by atoms with Crippen LogP contribution in [0.25, 0.3) is 0 Å². The molecule has 5 nitrogen and oxygen atoms in total. The Kier molecular flexibility index (Phi) is 5.56. The van der Waals surface area contributed by atoms with Crippen LogP contribution in [0.2, 0.25) is 0 Å². The first kappa shape index (κ1) is 15.8. The van der Waals surface area contributed by atoms with E-state index in [0.717, 1.165) is 26.1 Å². The Morgan fingerprint density at radius 3 is 2.95 bits per heavy atom. The van der Waals surface area contributed by atoms with E-state index < -0.39 is 0 Å². The van der Waals surface area contributed by atoms with Gasteiger partial charge in [-0.15, -0.1) is 0 Å². The van der Waals surface area contributed by atoms with Gasteiger partial charge in [-0.05, 0) is 44.3 Å². The van der Waals surface area contributed by atoms with Gasteiger partial charge in [0.2, 0.25) is 0 Å². The van der Waals surface area contributed by atoms with Crippen LogP contribution in [0.5, 0.6) is 0 Å². The maximum atomic E-state index is 12.7. The fourth-order valence-corrected chi connectivity index (χ4v) is 2.93. The van der Waals surface area contributed by atoms with Gasteiger partial charge >= 0.3 is 0 Å². The summed E-state index contributed by atoms with van der Waals surface area (Å²) in [6, 6.07) is 1.71. The van der Waals surface area contributed by atoms with E-state index in [2.05, 4.69) is 17.2 Å². The minimum absolute atomic E-state index is 0.0463. The summed E-state index contributed by atoms with van der Waals surface area (Å²) in [7, 11) is 1.97. The van der Waals surface area contributed by atoms with E-state index in [4.69, 9.17) is 5.73 Å². The summed E-state index contributed by atoms with van der Waals surface area (Å²) in [5, 5.41) is 3.24. The number of amides is 1. The second kappa shape index (κ2) is 7.41.